The fraction of sp³-hybridized carbons (Fsp3) is 0.529. The van der Waals surface area contributed by atoms with Crippen molar-refractivity contribution < 1.29 is 26.4 Å². The van der Waals surface area contributed by atoms with E-state index in [9.17, 15) is 26.4 Å². The predicted molar refractivity (Wildman–Crippen MR) is 95.9 cm³/mol. The summed E-state index contributed by atoms with van der Waals surface area (Å²) in [5.41, 5.74) is -1.22. The average Bonchev–Trinajstić information content (AvgIpc) is 2.54. The molecule has 148 valence electrons. The number of hydrogen-bond acceptors (Lipinski definition) is 3. The lowest BCUT2D eigenvalue weighted by molar-refractivity contribution is -0.172. The molecule has 0 bridgehead atoms. The summed E-state index contributed by atoms with van der Waals surface area (Å²) in [4.78, 5) is 12.5. The minimum Gasteiger partial charge on any atom is -0.368 e. The van der Waals surface area contributed by atoms with Crippen molar-refractivity contribution in [3.63, 3.8) is 0 Å². The second-order valence-electron chi connectivity index (χ2n) is 6.14. The average molecular weight is 394 g/mol. The smallest absolute Gasteiger partial charge is 0.368 e. The Labute approximate surface area is 153 Å². The summed E-state index contributed by atoms with van der Waals surface area (Å²) in [5, 5.41) is 0. The van der Waals surface area contributed by atoms with Gasteiger partial charge < -0.3 is 4.90 Å². The van der Waals surface area contributed by atoms with Gasteiger partial charge in [0, 0.05) is 20.5 Å². The number of ketones is 1. The lowest BCUT2D eigenvalue weighted by atomic mass is 9.80. The number of nitrogens with zero attached hydrogens (tertiary/aromatic N) is 2. The molecule has 0 saturated carbocycles. The van der Waals surface area contributed by atoms with E-state index in [-0.39, 0.29) is 10.5 Å². The number of rotatable bonds is 6. The van der Waals surface area contributed by atoms with Crippen LogP contribution in [0.4, 0.5) is 13.2 Å². The van der Waals surface area contributed by atoms with Crippen LogP contribution in [-0.4, -0.2) is 45.7 Å². The van der Waals surface area contributed by atoms with Gasteiger partial charge in [-0.1, -0.05) is 45.9 Å². The summed E-state index contributed by atoms with van der Waals surface area (Å²) >= 11 is 0. The SMILES string of the molecule is CC.CN(C)/C=N/S(=O)(=O)c1ccccc1C(C)(C)CC(=O)C(F)(F)F. The molecule has 0 heterocycles. The highest BCUT2D eigenvalue weighted by molar-refractivity contribution is 7.90. The number of halogens is 3. The molecule has 5 nitrogen and oxygen atoms in total. The second-order valence-corrected chi connectivity index (χ2v) is 7.74. The van der Waals surface area contributed by atoms with Gasteiger partial charge in [0.05, 0.1) is 4.90 Å². The highest BCUT2D eigenvalue weighted by Crippen LogP contribution is 2.35. The van der Waals surface area contributed by atoms with Crippen molar-refractivity contribution >= 4 is 22.1 Å². The molecule has 0 fully saturated rings. The van der Waals surface area contributed by atoms with Gasteiger partial charge in [-0.25, -0.2) is 0 Å². The first-order valence-corrected chi connectivity index (χ1v) is 9.38. The van der Waals surface area contributed by atoms with Crippen LogP contribution in [-0.2, 0) is 20.2 Å². The molecule has 0 saturated heterocycles. The molecule has 0 amide bonds. The second kappa shape index (κ2) is 9.16. The van der Waals surface area contributed by atoms with E-state index < -0.39 is 33.8 Å². The molecule has 0 aliphatic rings. The molecule has 0 radical (unpaired) electrons. The first kappa shape index (κ1) is 24.1. The predicted octanol–water partition coefficient (Wildman–Crippen LogP) is 3.79. The monoisotopic (exact) mass is 394 g/mol. The fourth-order valence-electron chi connectivity index (χ4n) is 2.06. The van der Waals surface area contributed by atoms with Crippen LogP contribution in [0.1, 0.15) is 39.7 Å². The summed E-state index contributed by atoms with van der Waals surface area (Å²) in [7, 11) is -0.945. The fourth-order valence-corrected chi connectivity index (χ4v) is 3.36. The van der Waals surface area contributed by atoms with Crippen LogP contribution in [0.25, 0.3) is 0 Å². The molecule has 0 unspecified atom stereocenters. The maximum Gasteiger partial charge on any atom is 0.450 e. The standard InChI is InChI=1S/C15H19F3N2O3S.C2H6/c1-14(2,9-13(21)15(16,17)18)11-7-5-6-8-12(11)24(22,23)19-10-20(3)4;1-2/h5-8,10H,9H2,1-4H3;1-2H3/b19-10+;. The van der Waals surface area contributed by atoms with Crippen molar-refractivity contribution in [2.45, 2.75) is 50.6 Å². The quantitative estimate of drug-likeness (QED) is 0.544. The lowest BCUT2D eigenvalue weighted by Crippen LogP contribution is -2.31. The van der Waals surface area contributed by atoms with Crippen molar-refractivity contribution in [2.75, 3.05) is 14.1 Å². The summed E-state index contributed by atoms with van der Waals surface area (Å²) in [6.07, 6.45) is -4.74. The first-order chi connectivity index (χ1) is 11.8. The maximum atomic E-state index is 12.5. The van der Waals surface area contributed by atoms with Crippen molar-refractivity contribution in [3.05, 3.63) is 29.8 Å². The molecule has 0 aliphatic carbocycles. The Balaban J connectivity index is 0.00000301. The van der Waals surface area contributed by atoms with Crippen molar-refractivity contribution in [1.82, 2.24) is 4.90 Å². The third-order valence-corrected chi connectivity index (χ3v) is 4.51. The van der Waals surface area contributed by atoms with E-state index in [1.54, 1.807) is 14.1 Å². The van der Waals surface area contributed by atoms with E-state index in [2.05, 4.69) is 4.40 Å². The van der Waals surface area contributed by atoms with Crippen LogP contribution in [0.15, 0.2) is 33.6 Å². The van der Waals surface area contributed by atoms with E-state index in [0.29, 0.717) is 0 Å². The Bertz CT molecular complexity index is 740. The first-order valence-electron chi connectivity index (χ1n) is 7.94. The summed E-state index contributed by atoms with van der Waals surface area (Å²) in [5.74, 6) is -1.91. The van der Waals surface area contributed by atoms with E-state index in [1.165, 1.54) is 43.0 Å². The Kier molecular flexibility index (Phi) is 8.49. The van der Waals surface area contributed by atoms with E-state index in [1.807, 2.05) is 13.8 Å². The number of alkyl halides is 3. The minimum atomic E-state index is -4.96. The molecule has 0 atom stereocenters. The molecule has 9 heteroatoms. The molecule has 0 spiro atoms. The Hall–Kier alpha value is -1.90. The molecule has 0 N–H and O–H groups in total. The number of Topliss-reactive ketones (excluding diaryl/α,β-unsaturated/α-hetero) is 1. The molecule has 1 rings (SSSR count). The molecular weight excluding hydrogens is 369 g/mol. The molecule has 1 aromatic rings. The van der Waals surface area contributed by atoms with Gasteiger partial charge in [-0.3, -0.25) is 4.79 Å². The number of carbonyl (C=O) groups is 1. The van der Waals surface area contributed by atoms with E-state index >= 15 is 0 Å². The Morgan fingerprint density at radius 3 is 2.12 bits per heavy atom. The minimum absolute atomic E-state index is 0.110. The maximum absolute atomic E-state index is 12.5. The van der Waals surface area contributed by atoms with Gasteiger partial charge in [-0.05, 0) is 17.0 Å². The summed E-state index contributed by atoms with van der Waals surface area (Å²) in [6, 6.07) is 5.60. The van der Waals surface area contributed by atoms with Crippen LogP contribution in [0, 0.1) is 0 Å². The van der Waals surface area contributed by atoms with Crippen molar-refractivity contribution in [2.24, 2.45) is 4.40 Å². The van der Waals surface area contributed by atoms with Gasteiger partial charge in [0.2, 0.25) is 5.78 Å². The lowest BCUT2D eigenvalue weighted by Gasteiger charge is -2.26. The topological polar surface area (TPSA) is 66.8 Å². The molecule has 0 aromatic heterocycles. The highest BCUT2D eigenvalue weighted by Gasteiger charge is 2.42. The van der Waals surface area contributed by atoms with Crippen molar-refractivity contribution in [3.8, 4) is 0 Å². The van der Waals surface area contributed by atoms with Crippen LogP contribution >= 0.6 is 0 Å². The zero-order chi connectivity index (χ0) is 20.8. The summed E-state index contributed by atoms with van der Waals surface area (Å²) in [6.45, 7) is 6.78. The van der Waals surface area contributed by atoms with E-state index in [0.717, 1.165) is 6.34 Å². The zero-order valence-corrected chi connectivity index (χ0v) is 16.6. The third kappa shape index (κ3) is 6.78. The zero-order valence-electron chi connectivity index (χ0n) is 15.8. The molecule has 26 heavy (non-hydrogen) atoms. The van der Waals surface area contributed by atoms with E-state index in [4.69, 9.17) is 0 Å². The van der Waals surface area contributed by atoms with Crippen LogP contribution in [0.3, 0.4) is 0 Å². The van der Waals surface area contributed by atoms with Crippen molar-refractivity contribution in [1.29, 1.82) is 0 Å². The van der Waals surface area contributed by atoms with Gasteiger partial charge in [0.25, 0.3) is 10.0 Å². The van der Waals surface area contributed by atoms with Gasteiger partial charge in [0.15, 0.2) is 0 Å². The number of carbonyl (C=O) groups excluding carboxylic acids is 1. The Morgan fingerprint density at radius 1 is 1.15 bits per heavy atom. The molecular formula is C17H25F3N2O3S. The number of hydrogen-bond donors (Lipinski definition) is 0. The third-order valence-electron chi connectivity index (χ3n) is 3.23. The van der Waals surface area contributed by atoms with Gasteiger partial charge in [-0.2, -0.15) is 21.6 Å². The van der Waals surface area contributed by atoms with Gasteiger partial charge >= 0.3 is 6.18 Å². The summed E-state index contributed by atoms with van der Waals surface area (Å²) < 4.78 is 65.8. The van der Waals surface area contributed by atoms with Crippen LogP contribution in [0.2, 0.25) is 0 Å². The number of benzene rings is 1. The van der Waals surface area contributed by atoms with Gasteiger partial charge in [0.1, 0.15) is 6.34 Å². The highest BCUT2D eigenvalue weighted by atomic mass is 32.2. The number of sulfonamides is 1. The molecule has 1 aromatic carbocycles. The van der Waals surface area contributed by atoms with Gasteiger partial charge in [-0.15, -0.1) is 4.40 Å². The van der Waals surface area contributed by atoms with Crippen LogP contribution < -0.4 is 0 Å². The Morgan fingerprint density at radius 2 is 1.65 bits per heavy atom. The largest absolute Gasteiger partial charge is 0.450 e. The van der Waals surface area contributed by atoms with Crippen LogP contribution in [0.5, 0.6) is 0 Å². The normalized spacial score (nSPS) is 12.5. The molecule has 0 aliphatic heterocycles.